The minimum absolute atomic E-state index is 0.600. The van der Waals surface area contributed by atoms with Crippen LogP contribution in [0.2, 0.25) is 0 Å². The minimum atomic E-state index is 0.600. The zero-order chi connectivity index (χ0) is 11.4. The predicted molar refractivity (Wildman–Crippen MR) is 64.7 cm³/mol. The number of nitrogen functional groups attached to an aromatic ring is 1. The molecule has 88 valence electrons. The van der Waals surface area contributed by atoms with Crippen molar-refractivity contribution in [3.8, 4) is 5.75 Å². The van der Waals surface area contributed by atoms with E-state index in [9.17, 15) is 0 Å². The standard InChI is InChI=1S/C13H19NO2/c1-15-12-6-2-5-11(13(12)14)8-10-4-3-7-16-9-10/h2,5-6,10H,3-4,7-9,14H2,1H3. The first kappa shape index (κ1) is 11.3. The fourth-order valence-electron chi connectivity index (χ4n) is 2.22. The van der Waals surface area contributed by atoms with Crippen LogP contribution in [0.25, 0.3) is 0 Å². The molecular weight excluding hydrogens is 202 g/mol. The van der Waals surface area contributed by atoms with E-state index in [2.05, 4.69) is 6.07 Å². The van der Waals surface area contributed by atoms with E-state index >= 15 is 0 Å². The lowest BCUT2D eigenvalue weighted by molar-refractivity contribution is 0.0550. The molecule has 0 saturated carbocycles. The van der Waals surface area contributed by atoms with E-state index in [1.807, 2.05) is 12.1 Å². The van der Waals surface area contributed by atoms with E-state index < -0.39 is 0 Å². The Morgan fingerprint density at radius 1 is 1.50 bits per heavy atom. The molecule has 1 unspecified atom stereocenters. The van der Waals surface area contributed by atoms with Crippen LogP contribution >= 0.6 is 0 Å². The van der Waals surface area contributed by atoms with Crippen LogP contribution in [-0.4, -0.2) is 20.3 Å². The van der Waals surface area contributed by atoms with Crippen LogP contribution < -0.4 is 10.5 Å². The monoisotopic (exact) mass is 221 g/mol. The smallest absolute Gasteiger partial charge is 0.142 e. The zero-order valence-corrected chi connectivity index (χ0v) is 9.74. The Morgan fingerprint density at radius 3 is 3.06 bits per heavy atom. The summed E-state index contributed by atoms with van der Waals surface area (Å²) in [5.74, 6) is 1.37. The van der Waals surface area contributed by atoms with Gasteiger partial charge in [-0.05, 0) is 36.8 Å². The Bertz CT molecular complexity index is 346. The van der Waals surface area contributed by atoms with Gasteiger partial charge in [0.2, 0.25) is 0 Å². The maximum absolute atomic E-state index is 6.05. The highest BCUT2D eigenvalue weighted by Crippen LogP contribution is 2.28. The number of hydrogen-bond acceptors (Lipinski definition) is 3. The van der Waals surface area contributed by atoms with Crippen LogP contribution in [0.5, 0.6) is 5.75 Å². The van der Waals surface area contributed by atoms with Gasteiger partial charge in [0.25, 0.3) is 0 Å². The lowest BCUT2D eigenvalue weighted by Crippen LogP contribution is -2.19. The summed E-state index contributed by atoms with van der Waals surface area (Å²) in [5, 5.41) is 0. The molecule has 3 heteroatoms. The lowest BCUT2D eigenvalue weighted by atomic mass is 9.93. The molecule has 0 amide bonds. The fourth-order valence-corrected chi connectivity index (χ4v) is 2.22. The van der Waals surface area contributed by atoms with Crippen molar-refractivity contribution >= 4 is 5.69 Å². The molecule has 16 heavy (non-hydrogen) atoms. The average molecular weight is 221 g/mol. The number of benzene rings is 1. The second-order valence-corrected chi connectivity index (χ2v) is 4.32. The van der Waals surface area contributed by atoms with Gasteiger partial charge in [-0.2, -0.15) is 0 Å². The van der Waals surface area contributed by atoms with Crippen LogP contribution in [0.1, 0.15) is 18.4 Å². The maximum Gasteiger partial charge on any atom is 0.142 e. The van der Waals surface area contributed by atoms with E-state index in [-0.39, 0.29) is 0 Å². The van der Waals surface area contributed by atoms with Crippen LogP contribution in [0.4, 0.5) is 5.69 Å². The van der Waals surface area contributed by atoms with Gasteiger partial charge in [-0.25, -0.2) is 0 Å². The highest BCUT2D eigenvalue weighted by Gasteiger charge is 2.16. The summed E-state index contributed by atoms with van der Waals surface area (Å²) in [5.41, 5.74) is 7.99. The molecule has 0 spiro atoms. The molecule has 0 aromatic heterocycles. The fraction of sp³-hybridized carbons (Fsp3) is 0.538. The summed E-state index contributed by atoms with van der Waals surface area (Å²) < 4.78 is 10.7. The summed E-state index contributed by atoms with van der Waals surface area (Å²) in [6.07, 6.45) is 3.38. The van der Waals surface area contributed by atoms with Gasteiger partial charge in [-0.3, -0.25) is 0 Å². The van der Waals surface area contributed by atoms with Crippen LogP contribution in [-0.2, 0) is 11.2 Å². The van der Waals surface area contributed by atoms with E-state index in [0.717, 1.165) is 37.5 Å². The number of ether oxygens (including phenoxy) is 2. The highest BCUT2D eigenvalue weighted by atomic mass is 16.5. The van der Waals surface area contributed by atoms with Crippen molar-refractivity contribution < 1.29 is 9.47 Å². The van der Waals surface area contributed by atoms with Gasteiger partial charge in [0.1, 0.15) is 5.75 Å². The summed E-state index contributed by atoms with van der Waals surface area (Å²) in [6, 6.07) is 5.97. The van der Waals surface area contributed by atoms with E-state index in [1.54, 1.807) is 7.11 Å². The first-order chi connectivity index (χ1) is 7.81. The first-order valence-electron chi connectivity index (χ1n) is 5.80. The first-order valence-corrected chi connectivity index (χ1v) is 5.80. The molecule has 1 aliphatic rings. The number of nitrogens with two attached hydrogens (primary N) is 1. The van der Waals surface area contributed by atoms with E-state index in [0.29, 0.717) is 5.92 Å². The zero-order valence-electron chi connectivity index (χ0n) is 9.74. The van der Waals surface area contributed by atoms with Crippen molar-refractivity contribution in [2.45, 2.75) is 19.3 Å². The van der Waals surface area contributed by atoms with Gasteiger partial charge in [0.15, 0.2) is 0 Å². The second-order valence-electron chi connectivity index (χ2n) is 4.32. The molecule has 0 radical (unpaired) electrons. The third kappa shape index (κ3) is 2.47. The van der Waals surface area contributed by atoms with Crippen LogP contribution in [0.3, 0.4) is 0 Å². The minimum Gasteiger partial charge on any atom is -0.495 e. The van der Waals surface area contributed by atoms with E-state index in [1.165, 1.54) is 12.0 Å². The Hall–Kier alpha value is -1.22. The van der Waals surface area contributed by atoms with Crippen molar-refractivity contribution in [1.29, 1.82) is 0 Å². The molecular formula is C13H19NO2. The molecule has 0 bridgehead atoms. The topological polar surface area (TPSA) is 44.5 Å². The second kappa shape index (κ2) is 5.21. The van der Waals surface area contributed by atoms with Crippen molar-refractivity contribution in [2.24, 2.45) is 5.92 Å². The quantitative estimate of drug-likeness (QED) is 0.796. The molecule has 2 N–H and O–H groups in total. The normalized spacial score (nSPS) is 20.7. The molecule has 1 aromatic rings. The van der Waals surface area contributed by atoms with Gasteiger partial charge in [0, 0.05) is 13.2 Å². The van der Waals surface area contributed by atoms with E-state index in [4.69, 9.17) is 15.2 Å². The van der Waals surface area contributed by atoms with Gasteiger partial charge in [-0.1, -0.05) is 12.1 Å². The SMILES string of the molecule is COc1cccc(CC2CCCOC2)c1N. The number of para-hydroxylation sites is 1. The molecule has 1 atom stereocenters. The molecule has 1 aromatic carbocycles. The largest absolute Gasteiger partial charge is 0.495 e. The summed E-state index contributed by atoms with van der Waals surface area (Å²) in [4.78, 5) is 0. The average Bonchev–Trinajstić information content (AvgIpc) is 2.33. The lowest BCUT2D eigenvalue weighted by Gasteiger charge is -2.22. The number of hydrogen-bond donors (Lipinski definition) is 1. The third-order valence-electron chi connectivity index (χ3n) is 3.14. The summed E-state index contributed by atoms with van der Waals surface area (Å²) in [7, 11) is 1.65. The Kier molecular flexibility index (Phi) is 3.67. The summed E-state index contributed by atoms with van der Waals surface area (Å²) in [6.45, 7) is 1.76. The molecule has 1 heterocycles. The molecule has 1 aliphatic heterocycles. The highest BCUT2D eigenvalue weighted by molar-refractivity contribution is 5.58. The Balaban J connectivity index is 2.08. The van der Waals surface area contributed by atoms with Gasteiger partial charge >= 0.3 is 0 Å². The Morgan fingerprint density at radius 2 is 2.38 bits per heavy atom. The van der Waals surface area contributed by atoms with Gasteiger partial charge < -0.3 is 15.2 Å². The number of anilines is 1. The van der Waals surface area contributed by atoms with Crippen molar-refractivity contribution in [3.63, 3.8) is 0 Å². The van der Waals surface area contributed by atoms with Crippen LogP contribution in [0.15, 0.2) is 18.2 Å². The molecule has 1 saturated heterocycles. The summed E-state index contributed by atoms with van der Waals surface area (Å²) >= 11 is 0. The predicted octanol–water partition coefficient (Wildman–Crippen LogP) is 2.25. The molecule has 0 aliphatic carbocycles. The molecule has 1 fully saturated rings. The molecule has 3 nitrogen and oxygen atoms in total. The van der Waals surface area contributed by atoms with Crippen LogP contribution in [0, 0.1) is 5.92 Å². The van der Waals surface area contributed by atoms with Crippen molar-refractivity contribution in [2.75, 3.05) is 26.1 Å². The Labute approximate surface area is 96.5 Å². The van der Waals surface area contributed by atoms with Crippen molar-refractivity contribution in [1.82, 2.24) is 0 Å². The third-order valence-corrected chi connectivity index (χ3v) is 3.14. The number of rotatable bonds is 3. The molecule has 2 rings (SSSR count). The van der Waals surface area contributed by atoms with Gasteiger partial charge in [-0.15, -0.1) is 0 Å². The maximum atomic E-state index is 6.05. The number of methoxy groups -OCH3 is 1. The van der Waals surface area contributed by atoms with Crippen molar-refractivity contribution in [3.05, 3.63) is 23.8 Å². The van der Waals surface area contributed by atoms with Gasteiger partial charge in [0.05, 0.1) is 12.8 Å².